The molecule has 38 valence electrons. The van der Waals surface area contributed by atoms with Gasteiger partial charge in [0, 0.05) is 0 Å². The van der Waals surface area contributed by atoms with Gasteiger partial charge in [-0.2, -0.15) is 0 Å². The third-order valence-electron chi connectivity index (χ3n) is 0. The molecule has 6 heavy (non-hydrogen) atoms. The average molecular weight is 104 g/mol. The van der Waals surface area contributed by atoms with Gasteiger partial charge in [0.1, 0.15) is 0 Å². The lowest BCUT2D eigenvalue weighted by molar-refractivity contribution is 1.53. The van der Waals surface area contributed by atoms with Crippen molar-refractivity contribution in [3.63, 3.8) is 0 Å². The number of hydrogen-bond donors (Lipinski definition) is 0. The molecule has 0 bridgehead atoms. The van der Waals surface area contributed by atoms with E-state index in [1.165, 1.54) is 6.16 Å². The summed E-state index contributed by atoms with van der Waals surface area (Å²) in [7, 11) is 2.58. The van der Waals surface area contributed by atoms with Crippen LogP contribution in [0.1, 0.15) is 13.8 Å². The van der Waals surface area contributed by atoms with E-state index in [0.29, 0.717) is 0 Å². The van der Waals surface area contributed by atoms with Crippen LogP contribution in [0.5, 0.6) is 0 Å². The maximum Gasteiger partial charge on any atom is -0.0410 e. The lowest BCUT2D eigenvalue weighted by Gasteiger charge is -1.48. The Morgan fingerprint density at radius 3 is 1.83 bits per heavy atom. The van der Waals surface area contributed by atoms with E-state index in [2.05, 4.69) is 22.7 Å². The van der Waals surface area contributed by atoms with Crippen LogP contribution in [0.15, 0.2) is 12.7 Å². The fourth-order valence-corrected chi connectivity index (χ4v) is 0. The maximum absolute atomic E-state index is 3.36. The zero-order valence-electron chi connectivity index (χ0n) is 4.57. The van der Waals surface area contributed by atoms with Crippen LogP contribution in [-0.2, 0) is 0 Å². The van der Waals surface area contributed by atoms with E-state index >= 15 is 0 Å². The maximum atomic E-state index is 3.36. The summed E-state index contributed by atoms with van der Waals surface area (Å²) in [6, 6.07) is 0. The first-order valence-electron chi connectivity index (χ1n) is 2.10. The van der Waals surface area contributed by atoms with Gasteiger partial charge in [-0.05, 0) is 13.1 Å². The number of hydrogen-bond acceptors (Lipinski definition) is 0. The molecule has 1 atom stereocenters. The average Bonchev–Trinajstić information content (AvgIpc) is 1.39. The molecule has 0 heterocycles. The molecule has 0 aromatic rings. The monoisotopic (exact) mass is 104 g/mol. The molecule has 0 aliphatic heterocycles. The second-order valence-corrected chi connectivity index (χ2v) is 1.63. The Bertz CT molecular complexity index is 17.9. The third kappa shape index (κ3) is 1450. The summed E-state index contributed by atoms with van der Waals surface area (Å²) >= 11 is 0. The molecule has 0 rings (SSSR count). The van der Waals surface area contributed by atoms with Gasteiger partial charge in [0.25, 0.3) is 0 Å². The van der Waals surface area contributed by atoms with E-state index in [4.69, 9.17) is 0 Å². The molecular weight excluding hydrogens is 91.0 g/mol. The van der Waals surface area contributed by atoms with Crippen molar-refractivity contribution in [3.8, 4) is 0 Å². The van der Waals surface area contributed by atoms with Crippen molar-refractivity contribution in [1.82, 2.24) is 0 Å². The standard InChI is InChI=1S/C3H6.C2H7P/c1-3-2;1-2-3/h3H,1H2,2H3;2-3H2,1H3. The van der Waals surface area contributed by atoms with Gasteiger partial charge in [-0.15, -0.1) is 15.8 Å². The summed E-state index contributed by atoms with van der Waals surface area (Å²) in [5, 5.41) is 0. The van der Waals surface area contributed by atoms with Crippen molar-refractivity contribution in [2.75, 3.05) is 6.16 Å². The Morgan fingerprint density at radius 2 is 1.83 bits per heavy atom. The van der Waals surface area contributed by atoms with E-state index < -0.39 is 0 Å². The highest BCUT2D eigenvalue weighted by Gasteiger charge is 1.35. The Morgan fingerprint density at radius 1 is 1.83 bits per heavy atom. The molecule has 0 spiro atoms. The Balaban J connectivity index is 0. The summed E-state index contributed by atoms with van der Waals surface area (Å²) in [6.07, 6.45) is 2.92. The summed E-state index contributed by atoms with van der Waals surface area (Å²) in [4.78, 5) is 0. The second kappa shape index (κ2) is 19.1. The summed E-state index contributed by atoms with van der Waals surface area (Å²) in [5.74, 6) is 0. The molecular formula is C5H13P. The van der Waals surface area contributed by atoms with E-state index in [0.717, 1.165) is 0 Å². The van der Waals surface area contributed by atoms with E-state index in [1.807, 2.05) is 6.92 Å². The topological polar surface area (TPSA) is 0 Å². The summed E-state index contributed by atoms with van der Waals surface area (Å²) in [5.41, 5.74) is 0. The van der Waals surface area contributed by atoms with Crippen LogP contribution >= 0.6 is 9.24 Å². The first kappa shape index (κ1) is 9.48. The second-order valence-electron chi connectivity index (χ2n) is 0.816. The Kier molecular flexibility index (Phi) is 30.2. The fourth-order valence-electron chi connectivity index (χ4n) is 0. The summed E-state index contributed by atoms with van der Waals surface area (Å²) < 4.78 is 0. The molecule has 0 N–H and O–H groups in total. The first-order chi connectivity index (χ1) is 2.83. The molecule has 0 aromatic heterocycles. The van der Waals surface area contributed by atoms with Crippen molar-refractivity contribution >= 4 is 9.24 Å². The normalized spacial score (nSPS) is 5.17. The largest absolute Gasteiger partial charge is 0.138 e. The van der Waals surface area contributed by atoms with Gasteiger partial charge in [-0.1, -0.05) is 13.0 Å². The van der Waals surface area contributed by atoms with E-state index in [1.54, 1.807) is 6.08 Å². The van der Waals surface area contributed by atoms with Crippen molar-refractivity contribution in [2.45, 2.75) is 13.8 Å². The molecule has 0 aliphatic carbocycles. The number of rotatable bonds is 0. The van der Waals surface area contributed by atoms with Crippen LogP contribution in [0.25, 0.3) is 0 Å². The SMILES string of the molecule is C=CC.CCP. The first-order valence-corrected chi connectivity index (χ1v) is 2.92. The molecule has 1 heteroatoms. The quantitative estimate of drug-likeness (QED) is 0.326. The molecule has 0 radical (unpaired) electrons. The molecule has 0 nitrogen and oxygen atoms in total. The minimum atomic E-state index is 1.17. The number of allylic oxidation sites excluding steroid dienone is 1. The minimum absolute atomic E-state index is 1.17. The predicted octanol–water partition coefficient (Wildman–Crippen LogP) is 2.07. The van der Waals surface area contributed by atoms with Crippen LogP contribution in [-0.4, -0.2) is 6.16 Å². The van der Waals surface area contributed by atoms with Gasteiger partial charge < -0.3 is 0 Å². The molecule has 1 unspecified atom stereocenters. The van der Waals surface area contributed by atoms with Crippen molar-refractivity contribution < 1.29 is 0 Å². The summed E-state index contributed by atoms with van der Waals surface area (Å²) in [6.45, 7) is 7.34. The highest BCUT2D eigenvalue weighted by Crippen LogP contribution is 1.68. The molecule has 0 amide bonds. The highest BCUT2D eigenvalue weighted by molar-refractivity contribution is 7.16. The van der Waals surface area contributed by atoms with Gasteiger partial charge >= 0.3 is 0 Å². The van der Waals surface area contributed by atoms with Gasteiger partial charge in [0.05, 0.1) is 0 Å². The molecule has 0 aromatic carbocycles. The van der Waals surface area contributed by atoms with Crippen molar-refractivity contribution in [3.05, 3.63) is 12.7 Å². The van der Waals surface area contributed by atoms with Gasteiger partial charge in [0.15, 0.2) is 0 Å². The van der Waals surface area contributed by atoms with Gasteiger partial charge in [0.2, 0.25) is 0 Å². The lowest BCUT2D eigenvalue weighted by atomic mass is 10.8. The lowest BCUT2D eigenvalue weighted by Crippen LogP contribution is -1.33. The smallest absolute Gasteiger partial charge is 0.0410 e. The van der Waals surface area contributed by atoms with Gasteiger partial charge in [-0.25, -0.2) is 0 Å². The zero-order valence-corrected chi connectivity index (χ0v) is 5.72. The van der Waals surface area contributed by atoms with E-state index in [-0.39, 0.29) is 0 Å². The van der Waals surface area contributed by atoms with Crippen LogP contribution < -0.4 is 0 Å². The van der Waals surface area contributed by atoms with Crippen LogP contribution in [0.3, 0.4) is 0 Å². The Hall–Kier alpha value is 0.170. The molecule has 0 fully saturated rings. The molecule has 0 saturated carbocycles. The Labute approximate surface area is 42.8 Å². The van der Waals surface area contributed by atoms with Crippen molar-refractivity contribution in [2.24, 2.45) is 0 Å². The van der Waals surface area contributed by atoms with Crippen LogP contribution in [0, 0.1) is 0 Å². The molecule has 0 aliphatic rings. The zero-order chi connectivity index (χ0) is 5.41. The van der Waals surface area contributed by atoms with Crippen LogP contribution in [0.4, 0.5) is 0 Å². The fraction of sp³-hybridized carbons (Fsp3) is 0.600. The highest BCUT2D eigenvalue weighted by atomic mass is 31.0. The van der Waals surface area contributed by atoms with E-state index in [9.17, 15) is 0 Å². The molecule has 0 saturated heterocycles. The predicted molar refractivity (Wildman–Crippen MR) is 36.1 cm³/mol. The van der Waals surface area contributed by atoms with Crippen LogP contribution in [0.2, 0.25) is 0 Å². The van der Waals surface area contributed by atoms with Crippen molar-refractivity contribution in [1.29, 1.82) is 0 Å². The third-order valence-corrected chi connectivity index (χ3v) is 0. The van der Waals surface area contributed by atoms with Gasteiger partial charge in [-0.3, -0.25) is 0 Å². The minimum Gasteiger partial charge on any atom is -0.138 e.